The number of pyridine rings is 1. The summed E-state index contributed by atoms with van der Waals surface area (Å²) in [7, 11) is 0. The summed E-state index contributed by atoms with van der Waals surface area (Å²) in [5.74, 6) is 1.45. The molecule has 0 saturated carbocycles. The number of nitrogen functional groups attached to an aromatic ring is 1. The first-order valence-corrected chi connectivity index (χ1v) is 6.91. The van der Waals surface area contributed by atoms with Crippen molar-refractivity contribution < 1.29 is 9.53 Å². The minimum absolute atomic E-state index is 0.0367. The molecule has 1 aromatic heterocycles. The van der Waals surface area contributed by atoms with Crippen molar-refractivity contribution in [2.24, 2.45) is 0 Å². The van der Waals surface area contributed by atoms with Gasteiger partial charge in [0.25, 0.3) is 0 Å². The minimum Gasteiger partial charge on any atom is -0.473 e. The molecular formula is C14H22N4O2. The lowest BCUT2D eigenvalue weighted by atomic mass is 10.3. The number of anilines is 2. The van der Waals surface area contributed by atoms with Gasteiger partial charge in [-0.25, -0.2) is 0 Å². The van der Waals surface area contributed by atoms with E-state index in [4.69, 9.17) is 10.5 Å². The van der Waals surface area contributed by atoms with Crippen LogP contribution in [0, 0.1) is 0 Å². The molecule has 0 unspecified atom stereocenters. The van der Waals surface area contributed by atoms with E-state index < -0.39 is 0 Å². The molecule has 1 aromatic rings. The quantitative estimate of drug-likeness (QED) is 0.897. The zero-order valence-corrected chi connectivity index (χ0v) is 12.3. The van der Waals surface area contributed by atoms with E-state index in [2.05, 4.69) is 9.88 Å². The van der Waals surface area contributed by atoms with E-state index in [9.17, 15) is 4.79 Å². The fraction of sp³-hybridized carbons (Fsp3) is 0.571. The first kappa shape index (κ1) is 14.4. The SMILES string of the molecule is CC(=O)N1CCN(c2ccc(N)c(OC(C)C)n2)CC1. The van der Waals surface area contributed by atoms with Gasteiger partial charge in [-0.3, -0.25) is 4.79 Å². The summed E-state index contributed by atoms with van der Waals surface area (Å²) in [6.07, 6.45) is 0.0367. The molecule has 0 radical (unpaired) electrons. The van der Waals surface area contributed by atoms with Crippen LogP contribution in [0.15, 0.2) is 12.1 Å². The van der Waals surface area contributed by atoms with Gasteiger partial charge in [0.2, 0.25) is 11.8 Å². The molecule has 1 aliphatic rings. The molecule has 1 amide bonds. The van der Waals surface area contributed by atoms with E-state index in [-0.39, 0.29) is 12.0 Å². The van der Waals surface area contributed by atoms with Crippen LogP contribution in [0.1, 0.15) is 20.8 Å². The fourth-order valence-electron chi connectivity index (χ4n) is 2.19. The van der Waals surface area contributed by atoms with Crippen molar-refractivity contribution in [2.75, 3.05) is 36.8 Å². The number of ether oxygens (including phenoxy) is 1. The van der Waals surface area contributed by atoms with Gasteiger partial charge in [0, 0.05) is 33.1 Å². The third kappa shape index (κ3) is 3.31. The van der Waals surface area contributed by atoms with Crippen molar-refractivity contribution in [1.29, 1.82) is 0 Å². The van der Waals surface area contributed by atoms with Crippen molar-refractivity contribution in [3.63, 3.8) is 0 Å². The molecule has 20 heavy (non-hydrogen) atoms. The number of nitrogens with two attached hydrogens (primary N) is 1. The Morgan fingerprint density at radius 2 is 1.95 bits per heavy atom. The molecule has 110 valence electrons. The Balaban J connectivity index is 2.08. The summed E-state index contributed by atoms with van der Waals surface area (Å²) in [5, 5.41) is 0. The van der Waals surface area contributed by atoms with Crippen LogP contribution in [0.4, 0.5) is 11.5 Å². The zero-order chi connectivity index (χ0) is 14.7. The molecule has 0 aromatic carbocycles. The maximum atomic E-state index is 11.3. The number of rotatable bonds is 3. The maximum Gasteiger partial charge on any atom is 0.239 e. The predicted molar refractivity (Wildman–Crippen MR) is 78.9 cm³/mol. The Kier molecular flexibility index (Phi) is 4.32. The first-order valence-electron chi connectivity index (χ1n) is 6.91. The van der Waals surface area contributed by atoms with Gasteiger partial charge in [-0.15, -0.1) is 0 Å². The maximum absolute atomic E-state index is 11.3. The molecule has 0 aliphatic carbocycles. The van der Waals surface area contributed by atoms with E-state index in [1.807, 2.05) is 30.9 Å². The normalized spacial score (nSPS) is 15.6. The molecule has 2 heterocycles. The molecule has 1 saturated heterocycles. The Morgan fingerprint density at radius 3 is 2.50 bits per heavy atom. The van der Waals surface area contributed by atoms with Crippen LogP contribution < -0.4 is 15.4 Å². The Labute approximate surface area is 119 Å². The van der Waals surface area contributed by atoms with Gasteiger partial charge >= 0.3 is 0 Å². The van der Waals surface area contributed by atoms with Crippen molar-refractivity contribution in [1.82, 2.24) is 9.88 Å². The largest absolute Gasteiger partial charge is 0.473 e. The third-order valence-corrected chi connectivity index (χ3v) is 3.27. The molecule has 0 spiro atoms. The van der Waals surface area contributed by atoms with Gasteiger partial charge < -0.3 is 20.3 Å². The van der Waals surface area contributed by atoms with Crippen LogP contribution in [0.3, 0.4) is 0 Å². The van der Waals surface area contributed by atoms with Crippen molar-refractivity contribution in [3.8, 4) is 5.88 Å². The van der Waals surface area contributed by atoms with E-state index in [1.165, 1.54) is 0 Å². The van der Waals surface area contributed by atoms with Crippen molar-refractivity contribution >= 4 is 17.4 Å². The highest BCUT2D eigenvalue weighted by atomic mass is 16.5. The summed E-state index contributed by atoms with van der Waals surface area (Å²) in [5.41, 5.74) is 6.42. The van der Waals surface area contributed by atoms with Crippen LogP contribution in [0.25, 0.3) is 0 Å². The molecule has 0 atom stereocenters. The van der Waals surface area contributed by atoms with Gasteiger partial charge in [-0.2, -0.15) is 4.98 Å². The number of carbonyl (C=O) groups is 1. The molecule has 2 rings (SSSR count). The molecule has 1 fully saturated rings. The smallest absolute Gasteiger partial charge is 0.239 e. The van der Waals surface area contributed by atoms with E-state index >= 15 is 0 Å². The molecule has 0 bridgehead atoms. The Morgan fingerprint density at radius 1 is 1.30 bits per heavy atom. The van der Waals surface area contributed by atoms with Crippen molar-refractivity contribution in [2.45, 2.75) is 26.9 Å². The number of amides is 1. The van der Waals surface area contributed by atoms with E-state index in [0.717, 1.165) is 32.0 Å². The number of hydrogen-bond donors (Lipinski definition) is 1. The lowest BCUT2D eigenvalue weighted by Crippen LogP contribution is -2.48. The number of hydrogen-bond acceptors (Lipinski definition) is 5. The molecular weight excluding hydrogens is 256 g/mol. The highest BCUT2D eigenvalue weighted by Gasteiger charge is 2.20. The van der Waals surface area contributed by atoms with Crippen LogP contribution in [-0.4, -0.2) is 48.1 Å². The van der Waals surface area contributed by atoms with Gasteiger partial charge in [0.15, 0.2) is 0 Å². The first-order chi connectivity index (χ1) is 9.47. The standard InChI is InChI=1S/C14H22N4O2/c1-10(2)20-14-12(15)4-5-13(16-14)18-8-6-17(7-9-18)11(3)19/h4-5,10H,6-9,15H2,1-3H3. The number of carbonyl (C=O) groups excluding carboxylic acids is 1. The molecule has 6 heteroatoms. The van der Waals surface area contributed by atoms with Gasteiger partial charge in [-0.1, -0.05) is 0 Å². The van der Waals surface area contributed by atoms with Crippen LogP contribution >= 0.6 is 0 Å². The number of aromatic nitrogens is 1. The number of nitrogens with zero attached hydrogens (tertiary/aromatic N) is 3. The second kappa shape index (κ2) is 5.98. The van der Waals surface area contributed by atoms with E-state index in [1.54, 1.807) is 6.92 Å². The summed E-state index contributed by atoms with van der Waals surface area (Å²) in [4.78, 5) is 19.8. The van der Waals surface area contributed by atoms with Gasteiger partial charge in [-0.05, 0) is 26.0 Å². The topological polar surface area (TPSA) is 71.7 Å². The molecule has 1 aliphatic heterocycles. The second-order valence-corrected chi connectivity index (χ2v) is 5.22. The van der Waals surface area contributed by atoms with Gasteiger partial charge in [0.05, 0.1) is 11.8 Å². The Bertz CT molecular complexity index is 482. The van der Waals surface area contributed by atoms with Crippen LogP contribution in [-0.2, 0) is 4.79 Å². The number of piperazine rings is 1. The summed E-state index contributed by atoms with van der Waals surface area (Å²) in [6.45, 7) is 8.49. The highest BCUT2D eigenvalue weighted by molar-refractivity contribution is 5.73. The average molecular weight is 278 g/mol. The highest BCUT2D eigenvalue weighted by Crippen LogP contribution is 2.24. The summed E-state index contributed by atoms with van der Waals surface area (Å²) < 4.78 is 5.61. The monoisotopic (exact) mass is 278 g/mol. The fourth-order valence-corrected chi connectivity index (χ4v) is 2.19. The molecule has 6 nitrogen and oxygen atoms in total. The second-order valence-electron chi connectivity index (χ2n) is 5.22. The van der Waals surface area contributed by atoms with Gasteiger partial charge in [0.1, 0.15) is 5.82 Å². The summed E-state index contributed by atoms with van der Waals surface area (Å²) in [6, 6.07) is 3.71. The predicted octanol–water partition coefficient (Wildman–Crippen LogP) is 1.12. The van der Waals surface area contributed by atoms with E-state index in [0.29, 0.717) is 11.6 Å². The molecule has 2 N–H and O–H groups in total. The Hall–Kier alpha value is -1.98. The lowest BCUT2D eigenvalue weighted by molar-refractivity contribution is -0.129. The minimum atomic E-state index is 0.0367. The van der Waals surface area contributed by atoms with Crippen LogP contribution in [0.2, 0.25) is 0 Å². The third-order valence-electron chi connectivity index (χ3n) is 3.27. The van der Waals surface area contributed by atoms with Crippen LogP contribution in [0.5, 0.6) is 5.88 Å². The van der Waals surface area contributed by atoms with Crippen molar-refractivity contribution in [3.05, 3.63) is 12.1 Å². The zero-order valence-electron chi connectivity index (χ0n) is 12.3. The lowest BCUT2D eigenvalue weighted by Gasteiger charge is -2.35. The summed E-state index contributed by atoms with van der Waals surface area (Å²) >= 11 is 0. The average Bonchev–Trinajstić information content (AvgIpc) is 2.41.